The van der Waals surface area contributed by atoms with Crippen LogP contribution in [-0.2, 0) is 4.84 Å². The zero-order valence-electron chi connectivity index (χ0n) is 11.3. The highest BCUT2D eigenvalue weighted by molar-refractivity contribution is 6.21. The molecule has 1 aliphatic rings. The Kier molecular flexibility index (Phi) is 4.33. The van der Waals surface area contributed by atoms with Crippen LogP contribution >= 0.6 is 0 Å². The van der Waals surface area contributed by atoms with Crippen LogP contribution in [0.5, 0.6) is 0 Å². The van der Waals surface area contributed by atoms with Gasteiger partial charge in [0, 0.05) is 0 Å². The molecule has 1 aliphatic heterocycles. The van der Waals surface area contributed by atoms with Crippen LogP contribution in [0.25, 0.3) is 0 Å². The number of amides is 2. The molecule has 0 saturated heterocycles. The number of likely N-dealkylation sites (N-methyl/N-ethyl adjacent to an activating group) is 1. The zero-order valence-corrected chi connectivity index (χ0v) is 11.3. The minimum absolute atomic E-state index is 0.0728. The Labute approximate surface area is 120 Å². The van der Waals surface area contributed by atoms with E-state index in [9.17, 15) is 14.8 Å². The Morgan fingerprint density at radius 3 is 2.43 bits per heavy atom. The van der Waals surface area contributed by atoms with Crippen molar-refractivity contribution in [3.63, 3.8) is 0 Å². The number of imide groups is 1. The van der Waals surface area contributed by atoms with Gasteiger partial charge in [-0.2, -0.15) is 0 Å². The lowest BCUT2D eigenvalue weighted by Crippen LogP contribution is -2.33. The molecule has 0 bridgehead atoms. The molecule has 0 fully saturated rings. The number of rotatable bonds is 6. The molecule has 9 heteroatoms. The first-order valence-corrected chi connectivity index (χ1v) is 6.13. The fourth-order valence-corrected chi connectivity index (χ4v) is 1.78. The van der Waals surface area contributed by atoms with E-state index in [4.69, 9.17) is 9.94 Å². The molecule has 1 N–H and O–H groups in total. The predicted octanol–water partition coefficient (Wildman–Crippen LogP) is -0.0267. The van der Waals surface area contributed by atoms with Gasteiger partial charge in [0.1, 0.15) is 0 Å². The van der Waals surface area contributed by atoms with Crippen LogP contribution in [0.2, 0.25) is 0 Å². The largest absolute Gasteiger partial charge is 0.569 e. The number of benzene rings is 1. The van der Waals surface area contributed by atoms with E-state index in [1.54, 1.807) is 24.3 Å². The molecule has 2 amide bonds. The van der Waals surface area contributed by atoms with Crippen LogP contribution in [0.4, 0.5) is 0 Å². The molecule has 112 valence electrons. The number of hydrogen-bond donors (Lipinski definition) is 1. The fraction of sp³-hybridized carbons (Fsp3) is 0.333. The van der Waals surface area contributed by atoms with Gasteiger partial charge in [-0.1, -0.05) is 12.1 Å². The molecule has 1 heterocycles. The molecule has 2 rings (SSSR count). The Morgan fingerprint density at radius 1 is 1.33 bits per heavy atom. The summed E-state index contributed by atoms with van der Waals surface area (Å²) in [4.78, 5) is 29.6. The Bertz CT molecular complexity index is 554. The summed E-state index contributed by atoms with van der Waals surface area (Å²) >= 11 is 0. The van der Waals surface area contributed by atoms with Gasteiger partial charge in [0.2, 0.25) is 12.0 Å². The smallest absolute Gasteiger partial charge is 0.264 e. The highest BCUT2D eigenvalue weighted by atomic mass is 16.7. The van der Waals surface area contributed by atoms with E-state index in [1.807, 2.05) is 0 Å². The van der Waals surface area contributed by atoms with Crippen LogP contribution in [0.15, 0.2) is 29.5 Å². The normalized spacial score (nSPS) is 14.4. The summed E-state index contributed by atoms with van der Waals surface area (Å²) in [5.74, 6) is -0.987. The number of aliphatic hydroxyl groups excluding tert-OH is 1. The van der Waals surface area contributed by atoms with Crippen molar-refractivity contribution in [3.05, 3.63) is 40.6 Å². The summed E-state index contributed by atoms with van der Waals surface area (Å²) in [7, 11) is 1.40. The quantitative estimate of drug-likeness (QED) is 0.342. The second-order valence-corrected chi connectivity index (χ2v) is 4.28. The van der Waals surface area contributed by atoms with Gasteiger partial charge in [-0.05, 0) is 12.1 Å². The molecule has 1 aromatic rings. The molecule has 0 saturated carbocycles. The van der Waals surface area contributed by atoms with Gasteiger partial charge < -0.3 is 15.2 Å². The van der Waals surface area contributed by atoms with E-state index in [0.717, 1.165) is 9.91 Å². The van der Waals surface area contributed by atoms with Crippen molar-refractivity contribution in [1.82, 2.24) is 9.91 Å². The van der Waals surface area contributed by atoms with Gasteiger partial charge in [-0.15, -0.1) is 5.01 Å². The fourth-order valence-electron chi connectivity index (χ4n) is 1.78. The van der Waals surface area contributed by atoms with Gasteiger partial charge in [-0.25, -0.2) is 4.90 Å². The number of aliphatic hydroxyl groups is 1. The van der Waals surface area contributed by atoms with Crippen LogP contribution in [0, 0.1) is 5.21 Å². The predicted molar refractivity (Wildman–Crippen MR) is 68.7 cm³/mol. The summed E-state index contributed by atoms with van der Waals surface area (Å²) in [5, 5.41) is 24.2. The van der Waals surface area contributed by atoms with E-state index in [-0.39, 0.29) is 18.1 Å². The van der Waals surface area contributed by atoms with Crippen LogP contribution in [0.1, 0.15) is 20.7 Å². The third-order valence-corrected chi connectivity index (χ3v) is 2.91. The molecule has 1 aromatic carbocycles. The third kappa shape index (κ3) is 2.92. The lowest BCUT2D eigenvalue weighted by molar-refractivity contribution is -0.706. The lowest BCUT2D eigenvalue weighted by Gasteiger charge is -2.13. The molecule has 0 aliphatic carbocycles. The van der Waals surface area contributed by atoms with E-state index >= 15 is 0 Å². The van der Waals surface area contributed by atoms with Crippen molar-refractivity contribution in [2.24, 2.45) is 5.28 Å². The molecular formula is C12H14N4O5. The van der Waals surface area contributed by atoms with Crippen molar-refractivity contribution >= 4 is 11.8 Å². The monoisotopic (exact) mass is 294 g/mol. The van der Waals surface area contributed by atoms with Crippen LogP contribution in [-0.4, -0.2) is 58.7 Å². The van der Waals surface area contributed by atoms with Gasteiger partial charge >= 0.3 is 0 Å². The van der Waals surface area contributed by atoms with Crippen molar-refractivity contribution in [1.29, 1.82) is 0 Å². The summed E-state index contributed by atoms with van der Waals surface area (Å²) < 4.78 is 0. The molecule has 0 atom stereocenters. The standard InChI is InChI=1S/C12H14N4O5/c1-14(6-7-17)16(20)13-21-8-15-11(18)9-4-2-3-5-10(9)12(15)19/h2-5,17H,6-8H2,1H3/b16-13-. The Hall–Kier alpha value is -2.68. The van der Waals surface area contributed by atoms with E-state index in [0.29, 0.717) is 11.1 Å². The first kappa shape index (κ1) is 14.7. The first-order valence-electron chi connectivity index (χ1n) is 6.13. The van der Waals surface area contributed by atoms with Gasteiger partial charge in [0.25, 0.3) is 11.8 Å². The summed E-state index contributed by atoms with van der Waals surface area (Å²) in [5.41, 5.74) is 0.588. The van der Waals surface area contributed by atoms with Crippen molar-refractivity contribution in [2.45, 2.75) is 0 Å². The third-order valence-electron chi connectivity index (χ3n) is 2.91. The molecule has 21 heavy (non-hydrogen) atoms. The average Bonchev–Trinajstić information content (AvgIpc) is 2.73. The SMILES string of the molecule is CN(CCO)/[N+]([O-])=N/OCN1C(=O)c2ccccc2C1=O. The maximum absolute atomic E-state index is 12.0. The second-order valence-electron chi connectivity index (χ2n) is 4.28. The molecule has 0 aromatic heterocycles. The lowest BCUT2D eigenvalue weighted by atomic mass is 10.1. The van der Waals surface area contributed by atoms with Gasteiger partial charge in [0.05, 0.1) is 36.3 Å². The van der Waals surface area contributed by atoms with Crippen molar-refractivity contribution in [2.75, 3.05) is 26.9 Å². The number of hydrazine groups is 1. The first-order chi connectivity index (χ1) is 10.1. The highest BCUT2D eigenvalue weighted by Crippen LogP contribution is 2.21. The van der Waals surface area contributed by atoms with Gasteiger partial charge in [0.15, 0.2) is 0 Å². The molecule has 0 radical (unpaired) electrons. The topological polar surface area (TPSA) is 109 Å². The molecule has 0 spiro atoms. The van der Waals surface area contributed by atoms with Crippen LogP contribution < -0.4 is 0 Å². The number of nitrogens with zero attached hydrogens (tertiary/aromatic N) is 4. The van der Waals surface area contributed by atoms with E-state index < -0.39 is 18.5 Å². The highest BCUT2D eigenvalue weighted by Gasteiger charge is 2.35. The second kappa shape index (κ2) is 6.18. The molecule has 9 nitrogen and oxygen atoms in total. The number of hydrogen-bond acceptors (Lipinski definition) is 6. The van der Waals surface area contributed by atoms with Crippen LogP contribution in [0.3, 0.4) is 0 Å². The molecular weight excluding hydrogens is 280 g/mol. The minimum Gasteiger partial charge on any atom is -0.569 e. The van der Waals surface area contributed by atoms with Gasteiger partial charge in [-0.3, -0.25) is 9.59 Å². The summed E-state index contributed by atoms with van der Waals surface area (Å²) in [6, 6.07) is 6.40. The number of fused-ring (bicyclic) bond motifs is 1. The van der Waals surface area contributed by atoms with Crippen molar-refractivity contribution in [3.8, 4) is 0 Å². The maximum atomic E-state index is 12.0. The molecule has 0 unspecified atom stereocenters. The van der Waals surface area contributed by atoms with Crippen molar-refractivity contribution < 1.29 is 24.5 Å². The number of carbonyl (C=O) groups is 2. The minimum atomic E-state index is -0.494. The van der Waals surface area contributed by atoms with E-state index in [2.05, 4.69) is 5.28 Å². The Balaban J connectivity index is 1.98. The van der Waals surface area contributed by atoms with E-state index in [1.165, 1.54) is 7.05 Å². The summed E-state index contributed by atoms with van der Waals surface area (Å²) in [6.07, 6.45) is 0. The zero-order chi connectivity index (χ0) is 15.4. The summed E-state index contributed by atoms with van der Waals surface area (Å²) in [6.45, 7) is -0.607. The Morgan fingerprint density at radius 2 is 1.90 bits per heavy atom. The average molecular weight is 294 g/mol. The number of carbonyl (C=O) groups excluding carboxylic acids is 2. The maximum Gasteiger partial charge on any atom is 0.264 e.